The van der Waals surface area contributed by atoms with E-state index in [1.807, 2.05) is 30.3 Å². The fourth-order valence-corrected chi connectivity index (χ4v) is 2.76. The number of benzene rings is 2. The second kappa shape index (κ2) is 7.19. The topological polar surface area (TPSA) is 0 Å². The minimum Gasteiger partial charge on any atom is -0.207 e. The lowest BCUT2D eigenvalue weighted by Gasteiger charge is -2.10. The second-order valence-corrected chi connectivity index (χ2v) is 5.97. The van der Waals surface area contributed by atoms with Crippen LogP contribution in [0.4, 0.5) is 8.78 Å². The summed E-state index contributed by atoms with van der Waals surface area (Å²) in [6.45, 7) is 0. The van der Waals surface area contributed by atoms with E-state index in [2.05, 4.69) is 15.9 Å². The molecule has 0 aliphatic heterocycles. The molecule has 2 aromatic rings. The maximum absolute atomic E-state index is 13.8. The number of hydrogen-bond acceptors (Lipinski definition) is 0. The van der Waals surface area contributed by atoms with E-state index in [1.165, 1.54) is 12.1 Å². The van der Waals surface area contributed by atoms with Gasteiger partial charge >= 0.3 is 0 Å². The summed E-state index contributed by atoms with van der Waals surface area (Å²) in [4.78, 5) is 0. The van der Waals surface area contributed by atoms with Gasteiger partial charge in [0.15, 0.2) is 0 Å². The Labute approximate surface area is 130 Å². The standard InChI is InChI=1S/C16H14BrClF2/c17-13-9-10-15(19)12(16(13)20)7-4-8-14(18)11-5-2-1-3-6-11/h1-3,5-6,9-10,14H,4,7-8H2. The predicted molar refractivity (Wildman–Crippen MR) is 82.0 cm³/mol. The van der Waals surface area contributed by atoms with Gasteiger partial charge in [0, 0.05) is 5.56 Å². The van der Waals surface area contributed by atoms with Gasteiger partial charge < -0.3 is 0 Å². The molecule has 0 nitrogen and oxygen atoms in total. The first kappa shape index (κ1) is 15.5. The third-order valence-corrected chi connectivity index (χ3v) is 4.27. The first-order valence-corrected chi connectivity index (χ1v) is 7.64. The molecule has 0 aromatic heterocycles. The smallest absolute Gasteiger partial charge is 0.143 e. The molecule has 4 heteroatoms. The third kappa shape index (κ3) is 3.80. The highest BCUT2D eigenvalue weighted by Gasteiger charge is 2.13. The molecule has 0 bridgehead atoms. The van der Waals surface area contributed by atoms with Gasteiger partial charge in [-0.05, 0) is 52.9 Å². The van der Waals surface area contributed by atoms with E-state index in [-0.39, 0.29) is 10.9 Å². The molecule has 2 aromatic carbocycles. The number of halogens is 4. The average molecular weight is 360 g/mol. The van der Waals surface area contributed by atoms with E-state index in [9.17, 15) is 8.78 Å². The summed E-state index contributed by atoms with van der Waals surface area (Å²) in [6, 6.07) is 12.4. The van der Waals surface area contributed by atoms with E-state index in [0.29, 0.717) is 23.7 Å². The van der Waals surface area contributed by atoms with Crippen LogP contribution in [-0.2, 0) is 6.42 Å². The van der Waals surface area contributed by atoms with Crippen molar-refractivity contribution in [3.8, 4) is 0 Å². The van der Waals surface area contributed by atoms with Crippen LogP contribution in [0.25, 0.3) is 0 Å². The molecule has 0 aliphatic rings. The zero-order valence-electron chi connectivity index (χ0n) is 10.8. The lowest BCUT2D eigenvalue weighted by atomic mass is 10.0. The van der Waals surface area contributed by atoms with Crippen LogP contribution in [-0.4, -0.2) is 0 Å². The van der Waals surface area contributed by atoms with Crippen molar-refractivity contribution >= 4 is 27.5 Å². The summed E-state index contributed by atoms with van der Waals surface area (Å²) in [7, 11) is 0. The van der Waals surface area contributed by atoms with Crippen LogP contribution in [0.5, 0.6) is 0 Å². The SMILES string of the molecule is Fc1ccc(Br)c(F)c1CCCC(Cl)c1ccccc1. The molecular formula is C16H14BrClF2. The highest BCUT2D eigenvalue weighted by Crippen LogP contribution is 2.28. The van der Waals surface area contributed by atoms with E-state index < -0.39 is 11.6 Å². The summed E-state index contributed by atoms with van der Waals surface area (Å²) in [5, 5.41) is -0.130. The molecule has 1 atom stereocenters. The van der Waals surface area contributed by atoms with Crippen molar-refractivity contribution < 1.29 is 8.78 Å². The average Bonchev–Trinajstić information content (AvgIpc) is 2.47. The van der Waals surface area contributed by atoms with Crippen molar-refractivity contribution in [2.45, 2.75) is 24.6 Å². The summed E-state index contributed by atoms with van der Waals surface area (Å²) in [6.07, 6.45) is 1.65. The molecule has 2 rings (SSSR count). The van der Waals surface area contributed by atoms with Gasteiger partial charge in [0.25, 0.3) is 0 Å². The number of hydrogen-bond donors (Lipinski definition) is 0. The monoisotopic (exact) mass is 358 g/mol. The van der Waals surface area contributed by atoms with Gasteiger partial charge in [-0.1, -0.05) is 30.3 Å². The van der Waals surface area contributed by atoms with Crippen LogP contribution in [0.2, 0.25) is 0 Å². The molecule has 0 spiro atoms. The minimum atomic E-state index is -0.518. The molecule has 0 heterocycles. The Balaban J connectivity index is 1.95. The lowest BCUT2D eigenvalue weighted by molar-refractivity contribution is 0.542. The molecule has 106 valence electrons. The molecule has 0 aliphatic carbocycles. The van der Waals surface area contributed by atoms with E-state index in [0.717, 1.165) is 5.56 Å². The van der Waals surface area contributed by atoms with Gasteiger partial charge in [0.1, 0.15) is 11.6 Å². The first-order valence-electron chi connectivity index (χ1n) is 6.41. The molecule has 1 unspecified atom stereocenters. The Morgan fingerprint density at radius 2 is 1.75 bits per heavy atom. The van der Waals surface area contributed by atoms with Gasteiger partial charge in [-0.3, -0.25) is 0 Å². The lowest BCUT2D eigenvalue weighted by Crippen LogP contribution is -1.99. The van der Waals surface area contributed by atoms with Crippen LogP contribution in [0.1, 0.15) is 29.3 Å². The van der Waals surface area contributed by atoms with E-state index in [1.54, 1.807) is 0 Å². The van der Waals surface area contributed by atoms with Crippen molar-refractivity contribution in [1.82, 2.24) is 0 Å². The predicted octanol–water partition coefficient (Wildman–Crippen LogP) is 6.03. The Kier molecular flexibility index (Phi) is 5.55. The Morgan fingerprint density at radius 1 is 1.05 bits per heavy atom. The van der Waals surface area contributed by atoms with Crippen molar-refractivity contribution in [3.05, 3.63) is 69.7 Å². The van der Waals surface area contributed by atoms with Crippen LogP contribution in [0.3, 0.4) is 0 Å². The fraction of sp³-hybridized carbons (Fsp3) is 0.250. The van der Waals surface area contributed by atoms with Crippen LogP contribution in [0, 0.1) is 11.6 Å². The van der Waals surface area contributed by atoms with Gasteiger partial charge in [0.2, 0.25) is 0 Å². The van der Waals surface area contributed by atoms with Crippen LogP contribution >= 0.6 is 27.5 Å². The summed E-state index contributed by atoms with van der Waals surface area (Å²) in [5.74, 6) is -1.02. The molecule has 0 radical (unpaired) electrons. The van der Waals surface area contributed by atoms with Crippen LogP contribution in [0.15, 0.2) is 46.9 Å². The Morgan fingerprint density at radius 3 is 2.45 bits per heavy atom. The van der Waals surface area contributed by atoms with Crippen molar-refractivity contribution in [2.24, 2.45) is 0 Å². The number of rotatable bonds is 5. The number of alkyl halides is 1. The van der Waals surface area contributed by atoms with Crippen molar-refractivity contribution in [3.63, 3.8) is 0 Å². The molecule has 0 N–H and O–H groups in total. The first-order chi connectivity index (χ1) is 9.59. The highest BCUT2D eigenvalue weighted by atomic mass is 79.9. The second-order valence-electron chi connectivity index (χ2n) is 4.59. The van der Waals surface area contributed by atoms with Gasteiger partial charge in [-0.25, -0.2) is 8.78 Å². The van der Waals surface area contributed by atoms with E-state index >= 15 is 0 Å². The van der Waals surface area contributed by atoms with Crippen LogP contribution < -0.4 is 0 Å². The normalized spacial score (nSPS) is 12.4. The zero-order valence-corrected chi connectivity index (χ0v) is 13.1. The third-order valence-electron chi connectivity index (χ3n) is 3.18. The highest BCUT2D eigenvalue weighted by molar-refractivity contribution is 9.10. The van der Waals surface area contributed by atoms with Crippen molar-refractivity contribution in [2.75, 3.05) is 0 Å². The largest absolute Gasteiger partial charge is 0.207 e. The van der Waals surface area contributed by atoms with Gasteiger partial charge in [0.05, 0.1) is 9.85 Å². The van der Waals surface area contributed by atoms with Gasteiger partial charge in [-0.2, -0.15) is 0 Å². The van der Waals surface area contributed by atoms with Gasteiger partial charge in [-0.15, -0.1) is 11.6 Å². The van der Waals surface area contributed by atoms with Crippen molar-refractivity contribution in [1.29, 1.82) is 0 Å². The molecule has 0 saturated heterocycles. The fourth-order valence-electron chi connectivity index (χ4n) is 2.08. The summed E-state index contributed by atoms with van der Waals surface area (Å²) < 4.78 is 27.7. The zero-order chi connectivity index (χ0) is 14.5. The quantitative estimate of drug-likeness (QED) is 0.451. The Bertz CT molecular complexity index is 572. The molecule has 0 fully saturated rings. The maximum atomic E-state index is 13.8. The summed E-state index contributed by atoms with van der Waals surface area (Å²) >= 11 is 9.36. The molecular weight excluding hydrogens is 346 g/mol. The maximum Gasteiger partial charge on any atom is 0.143 e. The molecule has 20 heavy (non-hydrogen) atoms. The minimum absolute atomic E-state index is 0.122. The molecule has 0 amide bonds. The summed E-state index contributed by atoms with van der Waals surface area (Å²) in [5.41, 5.74) is 1.15. The Hall–Kier alpha value is -0.930. The van der Waals surface area contributed by atoms with E-state index in [4.69, 9.17) is 11.6 Å². The molecule has 0 saturated carbocycles.